The predicted molar refractivity (Wildman–Crippen MR) is 117 cm³/mol. The summed E-state index contributed by atoms with van der Waals surface area (Å²) in [6, 6.07) is 19.1. The minimum Gasteiger partial charge on any atom is -0.457 e. The van der Waals surface area contributed by atoms with Gasteiger partial charge in [-0.25, -0.2) is 4.79 Å². The molecule has 1 aliphatic heterocycles. The zero-order valence-corrected chi connectivity index (χ0v) is 17.8. The molecule has 2 amide bonds. The maximum absolute atomic E-state index is 13.2. The van der Waals surface area contributed by atoms with E-state index in [4.69, 9.17) is 21.6 Å². The molecule has 0 bridgehead atoms. The van der Waals surface area contributed by atoms with Crippen LogP contribution >= 0.6 is 11.6 Å². The molecule has 1 fully saturated rings. The number of carbonyl (C=O) groups is 1. The van der Waals surface area contributed by atoms with E-state index in [-0.39, 0.29) is 13.1 Å². The van der Waals surface area contributed by atoms with Crippen molar-refractivity contribution in [2.24, 2.45) is 0 Å². The van der Waals surface area contributed by atoms with E-state index in [2.05, 4.69) is 0 Å². The van der Waals surface area contributed by atoms with Gasteiger partial charge in [0.1, 0.15) is 18.0 Å². The lowest BCUT2D eigenvalue weighted by atomic mass is 10.0. The van der Waals surface area contributed by atoms with Gasteiger partial charge >= 0.3 is 12.2 Å². The molecule has 3 aromatic rings. The highest BCUT2D eigenvalue weighted by molar-refractivity contribution is 6.30. The van der Waals surface area contributed by atoms with Crippen LogP contribution in [-0.4, -0.2) is 24.0 Å². The molecule has 0 spiro atoms. The van der Waals surface area contributed by atoms with Crippen molar-refractivity contribution in [2.75, 3.05) is 18.0 Å². The number of rotatable bonds is 5. The fourth-order valence-electron chi connectivity index (χ4n) is 3.65. The monoisotopic (exact) mass is 471 g/mol. The van der Waals surface area contributed by atoms with Gasteiger partial charge in [-0.2, -0.15) is 18.4 Å². The molecular formula is C24H17ClF3N3O2. The number of benzene rings is 3. The maximum Gasteiger partial charge on any atom is 0.416 e. The van der Waals surface area contributed by atoms with E-state index < -0.39 is 23.8 Å². The second-order valence-electron chi connectivity index (χ2n) is 7.38. The Morgan fingerprint density at radius 3 is 2.27 bits per heavy atom. The van der Waals surface area contributed by atoms with Crippen molar-refractivity contribution < 1.29 is 22.7 Å². The quantitative estimate of drug-likeness (QED) is 0.391. The molecule has 33 heavy (non-hydrogen) atoms. The highest BCUT2D eigenvalue weighted by Gasteiger charge is 2.40. The van der Waals surface area contributed by atoms with Crippen molar-refractivity contribution in [3.63, 3.8) is 0 Å². The van der Waals surface area contributed by atoms with Gasteiger partial charge in [-0.3, -0.25) is 4.90 Å². The zero-order valence-electron chi connectivity index (χ0n) is 17.1. The van der Waals surface area contributed by atoms with Gasteiger partial charge in [0.2, 0.25) is 0 Å². The highest BCUT2D eigenvalue weighted by atomic mass is 35.5. The lowest BCUT2D eigenvalue weighted by Crippen LogP contribution is -2.32. The Morgan fingerprint density at radius 2 is 1.67 bits per heavy atom. The van der Waals surface area contributed by atoms with Crippen molar-refractivity contribution >= 4 is 23.3 Å². The molecule has 0 saturated carbocycles. The molecule has 4 rings (SSSR count). The minimum atomic E-state index is -4.50. The van der Waals surface area contributed by atoms with Crippen LogP contribution in [0.2, 0.25) is 5.02 Å². The fraction of sp³-hybridized carbons (Fsp3) is 0.167. The SMILES string of the molecule is N#CCN1CC(c2cccc(C(F)(F)F)c2)N(c2ccc(Oc3ccc(Cl)cc3)cc2)C1=O. The number of anilines is 1. The van der Waals surface area contributed by atoms with Gasteiger partial charge in [0.15, 0.2) is 0 Å². The summed E-state index contributed by atoms with van der Waals surface area (Å²) in [5.41, 5.74) is 0.0178. The average molecular weight is 472 g/mol. The van der Waals surface area contributed by atoms with E-state index in [0.29, 0.717) is 27.8 Å². The summed E-state index contributed by atoms with van der Waals surface area (Å²) in [7, 11) is 0. The number of nitrogens with zero attached hydrogens (tertiary/aromatic N) is 3. The van der Waals surface area contributed by atoms with Crippen molar-refractivity contribution in [1.82, 2.24) is 4.90 Å². The third-order valence-electron chi connectivity index (χ3n) is 5.21. The number of nitriles is 1. The number of hydrogen-bond donors (Lipinski definition) is 0. The summed E-state index contributed by atoms with van der Waals surface area (Å²) in [6.07, 6.45) is -4.50. The Kier molecular flexibility index (Phi) is 6.16. The van der Waals surface area contributed by atoms with Crippen molar-refractivity contribution in [1.29, 1.82) is 5.26 Å². The van der Waals surface area contributed by atoms with E-state index in [0.717, 1.165) is 12.1 Å². The standard InChI is InChI=1S/C24H17ClF3N3O2/c25-18-4-8-20(9-5-18)33-21-10-6-19(7-11-21)31-22(15-30(13-12-29)23(31)32)16-2-1-3-17(14-16)24(26,27)28/h1-11,14,22H,13,15H2. The van der Waals surface area contributed by atoms with Crippen LogP contribution in [0.25, 0.3) is 0 Å². The third-order valence-corrected chi connectivity index (χ3v) is 5.46. The Balaban J connectivity index is 1.64. The van der Waals surface area contributed by atoms with Crippen LogP contribution in [0.15, 0.2) is 72.8 Å². The number of alkyl halides is 3. The summed E-state index contributed by atoms with van der Waals surface area (Å²) in [4.78, 5) is 15.7. The van der Waals surface area contributed by atoms with Crippen LogP contribution in [-0.2, 0) is 6.18 Å². The molecule has 3 aromatic carbocycles. The number of ether oxygens (including phenoxy) is 1. The topological polar surface area (TPSA) is 56.6 Å². The average Bonchev–Trinajstić information content (AvgIpc) is 3.12. The summed E-state index contributed by atoms with van der Waals surface area (Å²) in [5, 5.41) is 9.64. The summed E-state index contributed by atoms with van der Waals surface area (Å²) < 4.78 is 45.5. The fourth-order valence-corrected chi connectivity index (χ4v) is 3.78. The lowest BCUT2D eigenvalue weighted by Gasteiger charge is -2.24. The molecule has 0 N–H and O–H groups in total. The maximum atomic E-state index is 13.2. The first-order valence-electron chi connectivity index (χ1n) is 9.92. The van der Waals surface area contributed by atoms with E-state index in [1.165, 1.54) is 15.9 Å². The van der Waals surface area contributed by atoms with Crippen molar-refractivity contribution in [3.8, 4) is 17.6 Å². The largest absolute Gasteiger partial charge is 0.457 e. The smallest absolute Gasteiger partial charge is 0.416 e. The van der Waals surface area contributed by atoms with Gasteiger partial charge in [0.05, 0.1) is 17.7 Å². The van der Waals surface area contributed by atoms with E-state index in [9.17, 15) is 18.0 Å². The molecule has 0 aliphatic carbocycles. The van der Waals surface area contributed by atoms with Gasteiger partial charge < -0.3 is 9.64 Å². The van der Waals surface area contributed by atoms with E-state index in [1.807, 2.05) is 6.07 Å². The Labute approximate surface area is 193 Å². The second-order valence-corrected chi connectivity index (χ2v) is 7.82. The molecule has 0 radical (unpaired) electrons. The highest BCUT2D eigenvalue weighted by Crippen LogP contribution is 2.38. The molecule has 9 heteroatoms. The molecule has 1 heterocycles. The summed E-state index contributed by atoms with van der Waals surface area (Å²) in [6.45, 7) is -0.0702. The van der Waals surface area contributed by atoms with Crippen LogP contribution in [0.3, 0.4) is 0 Å². The second kappa shape index (κ2) is 9.04. The van der Waals surface area contributed by atoms with Crippen LogP contribution < -0.4 is 9.64 Å². The Hall–Kier alpha value is -3.70. The molecule has 168 valence electrons. The number of halogens is 4. The minimum absolute atomic E-state index is 0.0940. The lowest BCUT2D eigenvalue weighted by molar-refractivity contribution is -0.137. The Morgan fingerprint density at radius 1 is 1.03 bits per heavy atom. The normalized spacial score (nSPS) is 16.1. The number of hydrogen-bond acceptors (Lipinski definition) is 3. The number of urea groups is 1. The first-order chi connectivity index (χ1) is 15.8. The molecular weight excluding hydrogens is 455 g/mol. The van der Waals surface area contributed by atoms with Crippen LogP contribution in [0.4, 0.5) is 23.7 Å². The molecule has 1 aliphatic rings. The zero-order chi connectivity index (χ0) is 23.6. The van der Waals surface area contributed by atoms with Crippen LogP contribution in [0.1, 0.15) is 17.2 Å². The first-order valence-corrected chi connectivity index (χ1v) is 10.3. The molecule has 1 saturated heterocycles. The molecule has 1 atom stereocenters. The third kappa shape index (κ3) is 4.89. The van der Waals surface area contributed by atoms with Gasteiger partial charge in [-0.15, -0.1) is 0 Å². The first kappa shape index (κ1) is 22.5. The molecule has 1 unspecified atom stereocenters. The van der Waals surface area contributed by atoms with Crippen molar-refractivity contribution in [3.05, 3.63) is 88.9 Å². The number of carbonyl (C=O) groups excluding carboxylic acids is 1. The molecule has 0 aromatic heterocycles. The van der Waals surface area contributed by atoms with Crippen LogP contribution in [0.5, 0.6) is 11.5 Å². The van der Waals surface area contributed by atoms with Gasteiger partial charge in [-0.05, 0) is 66.2 Å². The van der Waals surface area contributed by atoms with E-state index in [1.54, 1.807) is 54.6 Å². The summed E-state index contributed by atoms with van der Waals surface area (Å²) in [5.74, 6) is 1.09. The molecule has 5 nitrogen and oxygen atoms in total. The van der Waals surface area contributed by atoms with Crippen molar-refractivity contribution in [2.45, 2.75) is 12.2 Å². The van der Waals surface area contributed by atoms with E-state index >= 15 is 0 Å². The number of amides is 2. The van der Waals surface area contributed by atoms with Gasteiger partial charge in [0, 0.05) is 17.3 Å². The summed E-state index contributed by atoms with van der Waals surface area (Å²) >= 11 is 5.88. The van der Waals surface area contributed by atoms with Gasteiger partial charge in [-0.1, -0.05) is 23.7 Å². The Bertz CT molecular complexity index is 1190. The van der Waals surface area contributed by atoms with Gasteiger partial charge in [0.25, 0.3) is 0 Å². The predicted octanol–water partition coefficient (Wildman–Crippen LogP) is 6.66. The van der Waals surface area contributed by atoms with Crippen LogP contribution in [0, 0.1) is 11.3 Å².